The molecule has 9 heteroatoms. The van der Waals surface area contributed by atoms with Gasteiger partial charge in [-0.05, 0) is 44.7 Å². The molecule has 1 amide bonds. The number of aromatic hydroxyl groups is 1. The molecule has 9 nitrogen and oxygen atoms in total. The average Bonchev–Trinajstić information content (AvgIpc) is 2.90. The van der Waals surface area contributed by atoms with E-state index in [2.05, 4.69) is 17.2 Å². The van der Waals surface area contributed by atoms with Gasteiger partial charge in [0.2, 0.25) is 0 Å². The maximum Gasteiger partial charge on any atom is 0.329 e. The zero-order valence-corrected chi connectivity index (χ0v) is 21.9. The number of methoxy groups -OCH3 is 1. The van der Waals surface area contributed by atoms with Gasteiger partial charge in [0.25, 0.3) is 5.91 Å². The molecule has 2 aromatic rings. The van der Waals surface area contributed by atoms with Gasteiger partial charge in [-0.15, -0.1) is 0 Å². The molecule has 4 atom stereocenters. The van der Waals surface area contributed by atoms with Crippen molar-refractivity contribution < 1.29 is 33.6 Å². The van der Waals surface area contributed by atoms with Crippen LogP contribution in [-0.2, 0) is 14.3 Å². The molecular formula is C28H38N2O7. The van der Waals surface area contributed by atoms with Crippen LogP contribution in [0.5, 0.6) is 17.2 Å². The first-order valence-electron chi connectivity index (χ1n) is 13.0. The Balaban J connectivity index is 1.74. The second-order valence-corrected chi connectivity index (χ2v) is 9.17. The third-order valence-corrected chi connectivity index (χ3v) is 6.36. The van der Waals surface area contributed by atoms with Crippen molar-refractivity contribution in [3.63, 3.8) is 0 Å². The Morgan fingerprint density at radius 1 is 1.16 bits per heavy atom. The van der Waals surface area contributed by atoms with Crippen LogP contribution in [0.1, 0.15) is 69.3 Å². The molecule has 1 aliphatic heterocycles. The number of nitrogens with zero attached hydrogens (tertiary/aromatic N) is 1. The molecule has 2 N–H and O–H groups in total. The summed E-state index contributed by atoms with van der Waals surface area (Å²) < 4.78 is 23.4. The first kappa shape index (κ1) is 28.2. The van der Waals surface area contributed by atoms with E-state index < -0.39 is 30.1 Å². The van der Waals surface area contributed by atoms with E-state index in [0.717, 1.165) is 31.4 Å². The number of amides is 1. The van der Waals surface area contributed by atoms with Crippen molar-refractivity contribution in [3.05, 3.63) is 48.3 Å². The van der Waals surface area contributed by atoms with Crippen LogP contribution in [0.2, 0.25) is 0 Å². The fraction of sp³-hybridized carbons (Fsp3) is 0.536. The number of carbonyl (C=O) groups is 2. The zero-order chi connectivity index (χ0) is 26.6. The Morgan fingerprint density at radius 3 is 2.65 bits per heavy atom. The minimum absolute atomic E-state index is 0.120. The van der Waals surface area contributed by atoms with Gasteiger partial charge >= 0.3 is 5.97 Å². The highest BCUT2D eigenvalue weighted by Crippen LogP contribution is 2.28. The van der Waals surface area contributed by atoms with E-state index in [1.54, 1.807) is 6.92 Å². The van der Waals surface area contributed by atoms with Crippen LogP contribution >= 0.6 is 0 Å². The monoisotopic (exact) mass is 514 g/mol. The standard InChI is InChI=1S/C28H38N2O7/c1-4-5-11-18-35-26-19(2)36-28(33)21(30-27(32)24-25(31)22(34-3)16-17-29-24)14-9-10-15-23(26)37-20-12-7-6-8-13-20/h6-8,12-13,16-17,19,21,23,26,31H,4-5,9-11,14-15,18H2,1-3H3,(H,30,32)/t19-,21-,23-,26-/m0/s1. The maximum atomic E-state index is 13.2. The average molecular weight is 515 g/mol. The molecule has 1 fully saturated rings. The fourth-order valence-corrected chi connectivity index (χ4v) is 4.35. The van der Waals surface area contributed by atoms with Gasteiger partial charge in [-0.1, -0.05) is 44.4 Å². The summed E-state index contributed by atoms with van der Waals surface area (Å²) in [7, 11) is 1.38. The van der Waals surface area contributed by atoms with Crippen molar-refractivity contribution in [2.45, 2.75) is 83.1 Å². The number of cyclic esters (lactones) is 1. The van der Waals surface area contributed by atoms with Crippen molar-refractivity contribution in [1.29, 1.82) is 0 Å². The number of ether oxygens (including phenoxy) is 4. The predicted octanol–water partition coefficient (Wildman–Crippen LogP) is 4.42. The third-order valence-electron chi connectivity index (χ3n) is 6.36. The van der Waals surface area contributed by atoms with Crippen molar-refractivity contribution in [2.75, 3.05) is 13.7 Å². The summed E-state index contributed by atoms with van der Waals surface area (Å²) in [4.78, 5) is 30.0. The van der Waals surface area contributed by atoms with Crippen LogP contribution in [-0.4, -0.2) is 60.0 Å². The molecule has 2 heterocycles. The van der Waals surface area contributed by atoms with E-state index >= 15 is 0 Å². The number of hydrogen-bond acceptors (Lipinski definition) is 8. The fourth-order valence-electron chi connectivity index (χ4n) is 4.35. The minimum atomic E-state index is -0.894. The number of para-hydroxylation sites is 1. The molecule has 0 unspecified atom stereocenters. The highest BCUT2D eigenvalue weighted by atomic mass is 16.6. The topological polar surface area (TPSA) is 116 Å². The van der Waals surface area contributed by atoms with Gasteiger partial charge in [0.15, 0.2) is 17.2 Å². The zero-order valence-electron chi connectivity index (χ0n) is 21.9. The third kappa shape index (κ3) is 8.08. The van der Waals surface area contributed by atoms with Crippen molar-refractivity contribution in [1.82, 2.24) is 10.3 Å². The number of benzene rings is 1. The van der Waals surface area contributed by atoms with Crippen molar-refractivity contribution in [3.8, 4) is 17.2 Å². The van der Waals surface area contributed by atoms with E-state index in [-0.39, 0.29) is 23.3 Å². The van der Waals surface area contributed by atoms with Crippen LogP contribution in [0.3, 0.4) is 0 Å². The van der Waals surface area contributed by atoms with Gasteiger partial charge in [-0.3, -0.25) is 4.79 Å². The summed E-state index contributed by atoms with van der Waals surface area (Å²) >= 11 is 0. The number of hydrogen-bond donors (Lipinski definition) is 2. The van der Waals surface area contributed by atoms with E-state index in [0.29, 0.717) is 25.9 Å². The molecule has 0 radical (unpaired) electrons. The van der Waals surface area contributed by atoms with Crippen LogP contribution in [0.25, 0.3) is 0 Å². The minimum Gasteiger partial charge on any atom is -0.503 e. The van der Waals surface area contributed by atoms with Crippen molar-refractivity contribution >= 4 is 11.9 Å². The predicted molar refractivity (Wildman–Crippen MR) is 138 cm³/mol. The summed E-state index contributed by atoms with van der Waals surface area (Å²) in [5.41, 5.74) is -0.217. The lowest BCUT2D eigenvalue weighted by molar-refractivity contribution is -0.165. The molecular weight excluding hydrogens is 476 g/mol. The van der Waals surface area contributed by atoms with Crippen LogP contribution in [0.15, 0.2) is 42.6 Å². The van der Waals surface area contributed by atoms with E-state index in [1.165, 1.54) is 19.4 Å². The molecule has 37 heavy (non-hydrogen) atoms. The molecule has 0 saturated carbocycles. The SMILES string of the molecule is CCCCCO[C@H]1[C@H](C)OC(=O)[C@@H](NC(=O)c2nccc(OC)c2O)CCCC[C@@H]1Oc1ccccc1. The summed E-state index contributed by atoms with van der Waals surface area (Å²) in [5.74, 6) is -0.771. The lowest BCUT2D eigenvalue weighted by Gasteiger charge is -2.34. The highest BCUT2D eigenvalue weighted by molar-refractivity contribution is 5.97. The van der Waals surface area contributed by atoms with Crippen molar-refractivity contribution in [2.24, 2.45) is 0 Å². The molecule has 1 saturated heterocycles. The Kier molecular flexibility index (Phi) is 11.0. The van der Waals surface area contributed by atoms with Gasteiger partial charge in [0.1, 0.15) is 30.1 Å². The lowest BCUT2D eigenvalue weighted by atomic mass is 9.98. The van der Waals surface area contributed by atoms with Crippen LogP contribution in [0.4, 0.5) is 0 Å². The number of nitrogens with one attached hydrogen (secondary N) is 1. The molecule has 3 rings (SSSR count). The van der Waals surface area contributed by atoms with E-state index in [1.807, 2.05) is 30.3 Å². The molecule has 1 aromatic carbocycles. The summed E-state index contributed by atoms with van der Waals surface area (Å²) in [6.45, 7) is 4.46. The van der Waals surface area contributed by atoms with Gasteiger partial charge in [-0.2, -0.15) is 0 Å². The Morgan fingerprint density at radius 2 is 1.92 bits per heavy atom. The van der Waals surface area contributed by atoms with E-state index in [4.69, 9.17) is 18.9 Å². The summed E-state index contributed by atoms with van der Waals surface area (Å²) in [5, 5.41) is 13.0. The smallest absolute Gasteiger partial charge is 0.329 e. The molecule has 0 bridgehead atoms. The Hall–Kier alpha value is -3.33. The van der Waals surface area contributed by atoms with Gasteiger partial charge in [0.05, 0.1) is 7.11 Å². The summed E-state index contributed by atoms with van der Waals surface area (Å²) in [6, 6.07) is 10.1. The molecule has 0 aliphatic carbocycles. The molecule has 1 aliphatic rings. The number of aromatic nitrogens is 1. The number of rotatable bonds is 10. The number of unbranched alkanes of at least 4 members (excludes halogenated alkanes) is 2. The maximum absolute atomic E-state index is 13.2. The first-order valence-corrected chi connectivity index (χ1v) is 13.0. The van der Waals surface area contributed by atoms with Crippen LogP contribution < -0.4 is 14.8 Å². The lowest BCUT2D eigenvalue weighted by Crippen LogP contribution is -2.49. The number of carbonyl (C=O) groups excluding carboxylic acids is 2. The first-order chi connectivity index (χ1) is 17.9. The second-order valence-electron chi connectivity index (χ2n) is 9.17. The largest absolute Gasteiger partial charge is 0.503 e. The highest BCUT2D eigenvalue weighted by Gasteiger charge is 2.35. The molecule has 0 spiro atoms. The number of pyridine rings is 1. The Bertz CT molecular complexity index is 1000. The van der Waals surface area contributed by atoms with Gasteiger partial charge in [-0.25, -0.2) is 9.78 Å². The summed E-state index contributed by atoms with van der Waals surface area (Å²) in [6.07, 6.45) is 5.50. The van der Waals surface area contributed by atoms with Gasteiger partial charge in [0, 0.05) is 18.9 Å². The van der Waals surface area contributed by atoms with E-state index in [9.17, 15) is 14.7 Å². The molecule has 1 aromatic heterocycles. The normalized spacial score (nSPS) is 22.5. The second kappa shape index (κ2) is 14.4. The quantitative estimate of drug-likeness (QED) is 0.354. The van der Waals surface area contributed by atoms with Gasteiger partial charge < -0.3 is 29.4 Å². The van der Waals surface area contributed by atoms with Crippen LogP contribution in [0, 0.1) is 0 Å². The number of esters is 1. The molecule has 202 valence electrons. The Labute approximate surface area is 218 Å².